The van der Waals surface area contributed by atoms with Crippen LogP contribution in [0.2, 0.25) is 0 Å². The van der Waals surface area contributed by atoms with Crippen LogP contribution in [0, 0.1) is 11.3 Å². The number of nitrogens with one attached hydrogen (secondary N) is 1. The zero-order valence-corrected chi connectivity index (χ0v) is 18.1. The molecule has 0 atom stereocenters. The number of nitriles is 1. The lowest BCUT2D eigenvalue weighted by Gasteiger charge is -2.16. The Morgan fingerprint density at radius 1 is 1.09 bits per heavy atom. The maximum atomic E-state index is 12.8. The first-order valence-corrected chi connectivity index (χ1v) is 10.7. The first-order valence-electron chi connectivity index (χ1n) is 10.7. The SMILES string of the molecule is N#Cc1cccc(CN2CCN(c3nc(C(=O)Nc4ccc(-n5cccc5)cc4)co3)C2=O)c1. The molecule has 9 heteroatoms. The van der Waals surface area contributed by atoms with Crippen LogP contribution >= 0.6 is 0 Å². The second kappa shape index (κ2) is 8.96. The number of oxazole rings is 1. The van der Waals surface area contributed by atoms with E-state index in [0.29, 0.717) is 30.9 Å². The van der Waals surface area contributed by atoms with E-state index >= 15 is 0 Å². The van der Waals surface area contributed by atoms with Crippen LogP contribution in [0.4, 0.5) is 16.5 Å². The van der Waals surface area contributed by atoms with Crippen LogP contribution < -0.4 is 10.2 Å². The molecule has 1 fully saturated rings. The molecule has 3 heterocycles. The molecule has 2 aromatic carbocycles. The van der Waals surface area contributed by atoms with E-state index in [1.54, 1.807) is 35.2 Å². The molecule has 9 nitrogen and oxygen atoms in total. The fourth-order valence-corrected chi connectivity index (χ4v) is 3.78. The summed E-state index contributed by atoms with van der Waals surface area (Å²) in [6.45, 7) is 1.24. The molecule has 0 bridgehead atoms. The van der Waals surface area contributed by atoms with Gasteiger partial charge >= 0.3 is 12.0 Å². The number of anilines is 2. The highest BCUT2D eigenvalue weighted by Crippen LogP contribution is 2.22. The molecular formula is C25H20N6O3. The maximum absolute atomic E-state index is 12.8. The van der Waals surface area contributed by atoms with Crippen molar-refractivity contribution in [2.75, 3.05) is 23.3 Å². The van der Waals surface area contributed by atoms with E-state index in [0.717, 1.165) is 11.3 Å². The molecule has 1 N–H and O–H groups in total. The van der Waals surface area contributed by atoms with Gasteiger partial charge in [0, 0.05) is 43.4 Å². The summed E-state index contributed by atoms with van der Waals surface area (Å²) in [7, 11) is 0. The van der Waals surface area contributed by atoms with Crippen LogP contribution in [0.25, 0.3) is 5.69 Å². The van der Waals surface area contributed by atoms with Gasteiger partial charge in [0.2, 0.25) is 0 Å². The monoisotopic (exact) mass is 452 g/mol. The summed E-state index contributed by atoms with van der Waals surface area (Å²) < 4.78 is 7.41. The van der Waals surface area contributed by atoms with Crippen molar-refractivity contribution in [3.05, 3.63) is 96.1 Å². The highest BCUT2D eigenvalue weighted by Gasteiger charge is 2.33. The van der Waals surface area contributed by atoms with Crippen LogP contribution in [0.1, 0.15) is 21.6 Å². The predicted octanol–water partition coefficient (Wildman–Crippen LogP) is 4.03. The van der Waals surface area contributed by atoms with Gasteiger partial charge in [0.25, 0.3) is 5.91 Å². The highest BCUT2D eigenvalue weighted by atomic mass is 16.4. The van der Waals surface area contributed by atoms with E-state index in [1.807, 2.05) is 47.3 Å². The Morgan fingerprint density at radius 2 is 1.88 bits per heavy atom. The molecule has 0 radical (unpaired) electrons. The van der Waals surface area contributed by atoms with Gasteiger partial charge in [0.15, 0.2) is 5.69 Å². The van der Waals surface area contributed by atoms with Crippen LogP contribution in [-0.4, -0.2) is 39.5 Å². The van der Waals surface area contributed by atoms with Crippen LogP contribution in [0.3, 0.4) is 0 Å². The van der Waals surface area contributed by atoms with Crippen molar-refractivity contribution in [2.45, 2.75) is 6.54 Å². The van der Waals surface area contributed by atoms with Crippen molar-refractivity contribution in [1.82, 2.24) is 14.5 Å². The van der Waals surface area contributed by atoms with Crippen molar-refractivity contribution in [3.8, 4) is 11.8 Å². The second-order valence-electron chi connectivity index (χ2n) is 7.77. The van der Waals surface area contributed by atoms with Crippen LogP contribution in [0.15, 0.2) is 83.7 Å². The van der Waals surface area contributed by atoms with Gasteiger partial charge in [0.05, 0.1) is 11.6 Å². The number of amides is 3. The average molecular weight is 452 g/mol. The standard InChI is InChI=1S/C25H20N6O3/c26-15-18-4-3-5-19(14-18)16-30-12-13-31(25(30)33)24-28-22(17-34-24)23(32)27-20-6-8-21(9-7-20)29-10-1-2-11-29/h1-11,14,17H,12-13,16H2,(H,27,32). The van der Waals surface area contributed by atoms with Crippen molar-refractivity contribution in [1.29, 1.82) is 5.26 Å². The van der Waals surface area contributed by atoms with Crippen LogP contribution in [0.5, 0.6) is 0 Å². The number of carbonyl (C=O) groups excluding carboxylic acids is 2. The lowest BCUT2D eigenvalue weighted by Crippen LogP contribution is -2.31. The van der Waals surface area contributed by atoms with Gasteiger partial charge in [-0.2, -0.15) is 10.2 Å². The number of hydrogen-bond donors (Lipinski definition) is 1. The van der Waals surface area contributed by atoms with Crippen LogP contribution in [-0.2, 0) is 6.54 Å². The zero-order chi connectivity index (χ0) is 23.5. The quantitative estimate of drug-likeness (QED) is 0.475. The van der Waals surface area contributed by atoms with E-state index < -0.39 is 5.91 Å². The van der Waals surface area contributed by atoms with Crippen molar-refractivity contribution >= 4 is 23.6 Å². The Labute approximate surface area is 195 Å². The Hall–Kier alpha value is -4.84. The highest BCUT2D eigenvalue weighted by molar-refractivity contribution is 6.03. The molecule has 4 aromatic rings. The molecule has 5 rings (SSSR count). The summed E-state index contributed by atoms with van der Waals surface area (Å²) in [6.07, 6.45) is 5.12. The topological polar surface area (TPSA) is 107 Å². The number of aromatic nitrogens is 2. The van der Waals surface area contributed by atoms with E-state index in [1.165, 1.54) is 11.2 Å². The number of benzene rings is 2. The van der Waals surface area contributed by atoms with E-state index in [-0.39, 0.29) is 17.7 Å². The minimum Gasteiger partial charge on any atom is -0.431 e. The number of carbonyl (C=O) groups is 2. The van der Waals surface area contributed by atoms with Gasteiger partial charge in [-0.3, -0.25) is 4.79 Å². The average Bonchev–Trinajstić information content (AvgIpc) is 3.62. The lowest BCUT2D eigenvalue weighted by atomic mass is 10.1. The number of rotatable bonds is 6. The molecule has 2 aromatic heterocycles. The minimum atomic E-state index is -0.430. The third-order valence-corrected chi connectivity index (χ3v) is 5.51. The van der Waals surface area contributed by atoms with Gasteiger partial charge in [0.1, 0.15) is 6.26 Å². The van der Waals surface area contributed by atoms with E-state index in [2.05, 4.69) is 16.4 Å². The normalized spacial score (nSPS) is 13.2. The van der Waals surface area contributed by atoms with E-state index in [9.17, 15) is 9.59 Å². The molecule has 1 aliphatic rings. The maximum Gasteiger partial charge on any atom is 0.328 e. The number of urea groups is 1. The second-order valence-corrected chi connectivity index (χ2v) is 7.77. The van der Waals surface area contributed by atoms with E-state index in [4.69, 9.17) is 9.68 Å². The van der Waals surface area contributed by atoms with Gasteiger partial charge in [-0.25, -0.2) is 9.69 Å². The van der Waals surface area contributed by atoms with Gasteiger partial charge in [-0.05, 0) is 54.1 Å². The summed E-state index contributed by atoms with van der Waals surface area (Å²) in [5.41, 5.74) is 3.09. The smallest absolute Gasteiger partial charge is 0.328 e. The first kappa shape index (κ1) is 21.0. The van der Waals surface area contributed by atoms with Gasteiger partial charge in [-0.15, -0.1) is 0 Å². The Balaban J connectivity index is 1.22. The molecule has 34 heavy (non-hydrogen) atoms. The minimum absolute atomic E-state index is 0.0754. The molecule has 1 aliphatic heterocycles. The van der Waals surface area contributed by atoms with Crippen molar-refractivity contribution in [2.24, 2.45) is 0 Å². The zero-order valence-electron chi connectivity index (χ0n) is 18.1. The molecule has 0 unspecified atom stereocenters. The predicted molar refractivity (Wildman–Crippen MR) is 125 cm³/mol. The Kier molecular flexibility index (Phi) is 5.54. The first-order chi connectivity index (χ1) is 16.6. The third-order valence-electron chi connectivity index (χ3n) is 5.51. The molecule has 3 amide bonds. The fourth-order valence-electron chi connectivity index (χ4n) is 3.78. The molecule has 0 spiro atoms. The fraction of sp³-hybridized carbons (Fsp3) is 0.120. The largest absolute Gasteiger partial charge is 0.431 e. The summed E-state index contributed by atoms with van der Waals surface area (Å²) in [5.74, 6) is -0.430. The molecular weight excluding hydrogens is 432 g/mol. The third kappa shape index (κ3) is 4.25. The summed E-state index contributed by atoms with van der Waals surface area (Å²) >= 11 is 0. The summed E-state index contributed by atoms with van der Waals surface area (Å²) in [5, 5.41) is 11.9. The van der Waals surface area contributed by atoms with Crippen molar-refractivity contribution in [3.63, 3.8) is 0 Å². The number of hydrogen-bond acceptors (Lipinski definition) is 5. The lowest BCUT2D eigenvalue weighted by molar-refractivity contribution is 0.102. The van der Waals surface area contributed by atoms with Crippen molar-refractivity contribution < 1.29 is 14.0 Å². The Morgan fingerprint density at radius 3 is 2.65 bits per heavy atom. The van der Waals surface area contributed by atoms with Gasteiger partial charge < -0.3 is 19.2 Å². The summed E-state index contributed by atoms with van der Waals surface area (Å²) in [4.78, 5) is 32.7. The summed E-state index contributed by atoms with van der Waals surface area (Å²) in [6, 6.07) is 20.3. The molecule has 0 saturated carbocycles. The molecule has 1 saturated heterocycles. The Bertz CT molecular complexity index is 1370. The molecule has 0 aliphatic carbocycles. The molecule has 168 valence electrons. The number of nitrogens with zero attached hydrogens (tertiary/aromatic N) is 5. The van der Waals surface area contributed by atoms with Gasteiger partial charge in [-0.1, -0.05) is 12.1 Å².